The van der Waals surface area contributed by atoms with Crippen LogP contribution in [0.25, 0.3) is 5.69 Å². The van der Waals surface area contributed by atoms with Crippen LogP contribution in [0.2, 0.25) is 0 Å². The Kier molecular flexibility index (Phi) is 5.59. The van der Waals surface area contributed by atoms with E-state index in [0.717, 1.165) is 36.4 Å². The molecule has 7 nitrogen and oxygen atoms in total. The maximum absolute atomic E-state index is 13.6. The lowest BCUT2D eigenvalue weighted by atomic mass is 10.0. The molecule has 0 unspecified atom stereocenters. The van der Waals surface area contributed by atoms with Gasteiger partial charge in [0.05, 0.1) is 26.6 Å². The van der Waals surface area contributed by atoms with Gasteiger partial charge in [-0.3, -0.25) is 4.90 Å². The second kappa shape index (κ2) is 8.30. The zero-order valence-electron chi connectivity index (χ0n) is 16.3. The van der Waals surface area contributed by atoms with Gasteiger partial charge in [-0.2, -0.15) is 4.68 Å². The minimum atomic E-state index is -0.342. The maximum Gasteiger partial charge on any atom is 0.221 e. The molecular formula is C20H22FN5O2S. The number of hydrogen-bond donors (Lipinski definition) is 0. The Labute approximate surface area is 173 Å². The summed E-state index contributed by atoms with van der Waals surface area (Å²) >= 11 is 5.53. The molecule has 152 valence electrons. The zero-order valence-corrected chi connectivity index (χ0v) is 17.1. The fourth-order valence-corrected chi connectivity index (χ4v) is 3.98. The summed E-state index contributed by atoms with van der Waals surface area (Å²) in [7, 11) is 3.30. The number of ether oxygens (including phenoxy) is 2. The molecule has 1 aliphatic rings. The van der Waals surface area contributed by atoms with Gasteiger partial charge < -0.3 is 9.47 Å². The summed E-state index contributed by atoms with van der Waals surface area (Å²) in [6.07, 6.45) is 2.07. The summed E-state index contributed by atoms with van der Waals surface area (Å²) in [5, 5.41) is 8.31. The van der Waals surface area contributed by atoms with E-state index >= 15 is 0 Å². The topological polar surface area (TPSA) is 57.3 Å². The van der Waals surface area contributed by atoms with E-state index in [2.05, 4.69) is 15.3 Å². The molecule has 1 fully saturated rings. The average molecular weight is 415 g/mol. The second-order valence-electron chi connectivity index (χ2n) is 6.87. The first-order valence-corrected chi connectivity index (χ1v) is 9.76. The van der Waals surface area contributed by atoms with Crippen molar-refractivity contribution in [3.63, 3.8) is 0 Å². The van der Waals surface area contributed by atoms with Crippen LogP contribution in [-0.2, 0) is 6.67 Å². The van der Waals surface area contributed by atoms with Crippen molar-refractivity contribution in [3.8, 4) is 17.2 Å². The minimum absolute atomic E-state index is 0.178. The lowest BCUT2D eigenvalue weighted by molar-refractivity contribution is 0.185. The average Bonchev–Trinajstić information content (AvgIpc) is 3.34. The van der Waals surface area contributed by atoms with E-state index in [1.54, 1.807) is 31.0 Å². The fraction of sp³-hybridized carbons (Fsp3) is 0.350. The summed E-state index contributed by atoms with van der Waals surface area (Å²) in [4.78, 5) is 2.30. The van der Waals surface area contributed by atoms with Crippen molar-refractivity contribution in [1.82, 2.24) is 24.7 Å². The summed E-state index contributed by atoms with van der Waals surface area (Å²) in [5.74, 6) is 1.22. The summed E-state index contributed by atoms with van der Waals surface area (Å²) < 4.78 is 28.0. The molecule has 0 aliphatic carbocycles. The monoisotopic (exact) mass is 415 g/mol. The second-order valence-corrected chi connectivity index (χ2v) is 7.24. The van der Waals surface area contributed by atoms with E-state index in [-0.39, 0.29) is 11.9 Å². The standard InChI is InChI=1S/C20H22FN5O2S/c1-27-16-8-9-17(19(12-16)28-2)18-7-4-10-24(18)13-25-20(29)26(23-22-25)15-6-3-5-14(21)11-15/h3,5-6,8-9,11-12,18H,4,7,10,13H2,1-2H3/t18-/m0/s1. The van der Waals surface area contributed by atoms with Gasteiger partial charge in [0.15, 0.2) is 0 Å². The quantitative estimate of drug-likeness (QED) is 0.572. The third kappa shape index (κ3) is 3.88. The van der Waals surface area contributed by atoms with Gasteiger partial charge in [0, 0.05) is 24.2 Å². The molecule has 1 aliphatic heterocycles. The minimum Gasteiger partial charge on any atom is -0.497 e. The Bertz CT molecular complexity index is 1070. The van der Waals surface area contributed by atoms with Gasteiger partial charge in [-0.25, -0.2) is 9.07 Å². The Morgan fingerprint density at radius 2 is 2.00 bits per heavy atom. The Morgan fingerprint density at radius 3 is 2.76 bits per heavy atom. The molecule has 2 heterocycles. The van der Waals surface area contributed by atoms with E-state index in [9.17, 15) is 4.39 Å². The van der Waals surface area contributed by atoms with Gasteiger partial charge in [0.1, 0.15) is 17.3 Å². The third-order valence-electron chi connectivity index (χ3n) is 5.17. The number of nitrogens with zero attached hydrogens (tertiary/aromatic N) is 5. The summed E-state index contributed by atoms with van der Waals surface area (Å²) in [5.41, 5.74) is 1.66. The third-order valence-corrected chi connectivity index (χ3v) is 5.55. The molecule has 0 N–H and O–H groups in total. The fourth-order valence-electron chi connectivity index (χ4n) is 3.75. The van der Waals surface area contributed by atoms with E-state index in [1.807, 2.05) is 18.2 Å². The lowest BCUT2D eigenvalue weighted by Gasteiger charge is -2.25. The van der Waals surface area contributed by atoms with Gasteiger partial charge in [-0.15, -0.1) is 0 Å². The van der Waals surface area contributed by atoms with Crippen LogP contribution < -0.4 is 9.47 Å². The molecule has 4 rings (SSSR count). The molecule has 0 spiro atoms. The number of rotatable bonds is 6. The molecule has 1 saturated heterocycles. The Morgan fingerprint density at radius 1 is 1.14 bits per heavy atom. The first-order chi connectivity index (χ1) is 14.1. The summed E-state index contributed by atoms with van der Waals surface area (Å²) in [6.45, 7) is 1.41. The molecule has 1 atom stereocenters. The van der Waals surface area contributed by atoms with Crippen LogP contribution in [0.5, 0.6) is 11.5 Å². The highest BCUT2D eigenvalue weighted by Crippen LogP contribution is 2.38. The van der Waals surface area contributed by atoms with Crippen LogP contribution in [0.4, 0.5) is 4.39 Å². The van der Waals surface area contributed by atoms with Crippen LogP contribution in [0, 0.1) is 10.6 Å². The normalized spacial score (nSPS) is 16.9. The molecule has 3 aromatic rings. The van der Waals surface area contributed by atoms with Crippen LogP contribution in [0.15, 0.2) is 42.5 Å². The molecule has 0 amide bonds. The number of aromatic nitrogens is 4. The number of likely N-dealkylation sites (tertiary alicyclic amines) is 1. The van der Waals surface area contributed by atoms with Gasteiger partial charge in [0.25, 0.3) is 0 Å². The zero-order chi connectivity index (χ0) is 20.4. The van der Waals surface area contributed by atoms with Gasteiger partial charge in [0.2, 0.25) is 4.77 Å². The van der Waals surface area contributed by atoms with Crippen molar-refractivity contribution in [2.75, 3.05) is 20.8 Å². The predicted molar refractivity (Wildman–Crippen MR) is 108 cm³/mol. The Hall–Kier alpha value is -2.78. The van der Waals surface area contributed by atoms with Crippen molar-refractivity contribution in [1.29, 1.82) is 0 Å². The van der Waals surface area contributed by atoms with Crippen molar-refractivity contribution in [3.05, 3.63) is 58.6 Å². The van der Waals surface area contributed by atoms with Crippen molar-refractivity contribution >= 4 is 12.2 Å². The van der Waals surface area contributed by atoms with Crippen LogP contribution in [-0.4, -0.2) is 45.5 Å². The number of methoxy groups -OCH3 is 2. The largest absolute Gasteiger partial charge is 0.497 e. The molecule has 0 radical (unpaired) electrons. The van der Waals surface area contributed by atoms with Crippen molar-refractivity contribution in [2.45, 2.75) is 25.6 Å². The summed E-state index contributed by atoms with van der Waals surface area (Å²) in [6, 6.07) is 12.2. The van der Waals surface area contributed by atoms with Crippen LogP contribution in [0.1, 0.15) is 24.4 Å². The van der Waals surface area contributed by atoms with Crippen LogP contribution in [0.3, 0.4) is 0 Å². The van der Waals surface area contributed by atoms with E-state index in [1.165, 1.54) is 16.8 Å². The smallest absolute Gasteiger partial charge is 0.221 e. The highest BCUT2D eigenvalue weighted by Gasteiger charge is 2.29. The number of hydrogen-bond acceptors (Lipinski definition) is 6. The molecule has 9 heteroatoms. The number of halogens is 1. The van der Waals surface area contributed by atoms with E-state index < -0.39 is 0 Å². The Balaban J connectivity index is 1.59. The molecular weight excluding hydrogens is 393 g/mol. The SMILES string of the molecule is COc1ccc([C@@H]2CCCN2Cn2nnn(-c3cccc(F)c3)c2=S)c(OC)c1. The van der Waals surface area contributed by atoms with E-state index in [0.29, 0.717) is 17.1 Å². The highest BCUT2D eigenvalue weighted by molar-refractivity contribution is 7.71. The number of benzene rings is 2. The van der Waals surface area contributed by atoms with Crippen molar-refractivity contribution < 1.29 is 13.9 Å². The molecule has 0 bridgehead atoms. The van der Waals surface area contributed by atoms with E-state index in [4.69, 9.17) is 21.7 Å². The maximum atomic E-state index is 13.6. The molecule has 2 aromatic carbocycles. The first kappa shape index (κ1) is 19.5. The van der Waals surface area contributed by atoms with Gasteiger partial charge >= 0.3 is 0 Å². The molecule has 1 aromatic heterocycles. The van der Waals surface area contributed by atoms with Gasteiger partial charge in [-0.1, -0.05) is 12.1 Å². The molecule has 0 saturated carbocycles. The lowest BCUT2D eigenvalue weighted by Crippen LogP contribution is -2.27. The van der Waals surface area contributed by atoms with Crippen LogP contribution >= 0.6 is 12.2 Å². The van der Waals surface area contributed by atoms with Gasteiger partial charge in [-0.05, 0) is 59.8 Å². The highest BCUT2D eigenvalue weighted by atomic mass is 32.1. The first-order valence-electron chi connectivity index (χ1n) is 9.35. The predicted octanol–water partition coefficient (Wildman–Crippen LogP) is 3.75. The number of tetrazole rings is 1. The van der Waals surface area contributed by atoms with Crippen molar-refractivity contribution in [2.24, 2.45) is 0 Å². The molecule has 29 heavy (non-hydrogen) atoms.